The van der Waals surface area contributed by atoms with Gasteiger partial charge in [-0.1, -0.05) is 33.6 Å². The summed E-state index contributed by atoms with van der Waals surface area (Å²) in [5.41, 5.74) is 0. The zero-order valence-electron chi connectivity index (χ0n) is 9.29. The summed E-state index contributed by atoms with van der Waals surface area (Å²) in [5.74, 6) is 2.44. The van der Waals surface area contributed by atoms with Gasteiger partial charge < -0.3 is 5.11 Å². The van der Waals surface area contributed by atoms with Crippen molar-refractivity contribution in [3.8, 4) is 0 Å². The predicted molar refractivity (Wildman–Crippen MR) is 56.6 cm³/mol. The van der Waals surface area contributed by atoms with E-state index < -0.39 is 0 Å². The third-order valence-corrected chi connectivity index (χ3v) is 3.95. The third kappa shape index (κ3) is 3.30. The van der Waals surface area contributed by atoms with Crippen molar-refractivity contribution in [2.24, 2.45) is 17.8 Å². The fourth-order valence-corrected chi connectivity index (χ4v) is 2.36. The van der Waals surface area contributed by atoms with Crippen molar-refractivity contribution in [1.29, 1.82) is 0 Å². The Morgan fingerprint density at radius 3 is 2.15 bits per heavy atom. The molecule has 4 unspecified atom stereocenters. The maximum atomic E-state index is 9.63. The molecule has 0 spiro atoms. The van der Waals surface area contributed by atoms with Crippen molar-refractivity contribution in [3.63, 3.8) is 0 Å². The van der Waals surface area contributed by atoms with Crippen molar-refractivity contribution in [1.82, 2.24) is 0 Å². The Hall–Kier alpha value is -0.0400. The number of aliphatic hydroxyl groups excluding tert-OH is 1. The van der Waals surface area contributed by atoms with E-state index in [2.05, 4.69) is 20.8 Å². The van der Waals surface area contributed by atoms with Crippen LogP contribution in [0.2, 0.25) is 0 Å². The maximum absolute atomic E-state index is 9.63. The minimum absolute atomic E-state index is 0.0278. The monoisotopic (exact) mass is 184 g/mol. The Morgan fingerprint density at radius 1 is 0.846 bits per heavy atom. The Labute approximate surface area is 82.5 Å². The Kier molecular flexibility index (Phi) is 4.24. The van der Waals surface area contributed by atoms with Crippen molar-refractivity contribution in [3.05, 3.63) is 0 Å². The quantitative estimate of drug-likeness (QED) is 0.613. The van der Waals surface area contributed by atoms with E-state index >= 15 is 0 Å². The molecule has 1 nitrogen and oxygen atoms in total. The van der Waals surface area contributed by atoms with Crippen LogP contribution in [0.4, 0.5) is 0 Å². The molecule has 1 rings (SSSR count). The van der Waals surface area contributed by atoms with Gasteiger partial charge >= 0.3 is 0 Å². The van der Waals surface area contributed by atoms with Crippen LogP contribution in [0.3, 0.4) is 0 Å². The number of hydrogen-bond acceptors (Lipinski definition) is 1. The fraction of sp³-hybridized carbons (Fsp3) is 1.00. The molecule has 0 heterocycles. The van der Waals surface area contributed by atoms with Crippen LogP contribution in [-0.2, 0) is 0 Å². The van der Waals surface area contributed by atoms with Crippen molar-refractivity contribution < 1.29 is 5.11 Å². The second-order valence-electron chi connectivity index (χ2n) is 4.98. The van der Waals surface area contributed by atoms with Gasteiger partial charge in [0.25, 0.3) is 0 Å². The van der Waals surface area contributed by atoms with Gasteiger partial charge in [0, 0.05) is 0 Å². The van der Waals surface area contributed by atoms with E-state index in [1.54, 1.807) is 0 Å². The summed E-state index contributed by atoms with van der Waals surface area (Å²) in [5, 5.41) is 9.63. The molecule has 0 aromatic carbocycles. The average molecular weight is 184 g/mol. The van der Waals surface area contributed by atoms with E-state index in [4.69, 9.17) is 0 Å². The van der Waals surface area contributed by atoms with Gasteiger partial charge in [-0.2, -0.15) is 0 Å². The molecule has 1 heteroatoms. The molecular formula is C12H24O. The standard InChI is InChI=1S/C12H24O/c1-9-5-4-6-12(13)8-7-10(2)11(9)3/h9-13H,4-8H2,1-3H3. The lowest BCUT2D eigenvalue weighted by Gasteiger charge is -2.24. The first-order chi connectivity index (χ1) is 6.11. The second-order valence-corrected chi connectivity index (χ2v) is 4.98. The lowest BCUT2D eigenvalue weighted by molar-refractivity contribution is 0.144. The number of aliphatic hydroxyl groups is 1. The highest BCUT2D eigenvalue weighted by Gasteiger charge is 2.21. The first-order valence-corrected chi connectivity index (χ1v) is 5.79. The Morgan fingerprint density at radius 2 is 1.46 bits per heavy atom. The van der Waals surface area contributed by atoms with Gasteiger partial charge in [0.2, 0.25) is 0 Å². The number of rotatable bonds is 0. The van der Waals surface area contributed by atoms with Gasteiger partial charge in [0.05, 0.1) is 6.10 Å². The Balaban J connectivity index is 2.50. The number of hydrogen-bond donors (Lipinski definition) is 1. The molecule has 0 amide bonds. The molecule has 0 radical (unpaired) electrons. The maximum Gasteiger partial charge on any atom is 0.0540 e. The highest BCUT2D eigenvalue weighted by Crippen LogP contribution is 2.30. The van der Waals surface area contributed by atoms with Gasteiger partial charge in [0.15, 0.2) is 0 Å². The molecule has 1 fully saturated rings. The van der Waals surface area contributed by atoms with E-state index in [0.717, 1.165) is 30.6 Å². The van der Waals surface area contributed by atoms with Crippen LogP contribution in [-0.4, -0.2) is 11.2 Å². The van der Waals surface area contributed by atoms with Crippen LogP contribution in [0.25, 0.3) is 0 Å². The molecule has 1 aliphatic rings. The van der Waals surface area contributed by atoms with Crippen molar-refractivity contribution in [2.75, 3.05) is 0 Å². The molecule has 0 aliphatic heterocycles. The summed E-state index contributed by atoms with van der Waals surface area (Å²) < 4.78 is 0. The van der Waals surface area contributed by atoms with Crippen molar-refractivity contribution in [2.45, 2.75) is 59.0 Å². The van der Waals surface area contributed by atoms with Crippen molar-refractivity contribution >= 4 is 0 Å². The summed E-state index contributed by atoms with van der Waals surface area (Å²) in [6, 6.07) is 0. The van der Waals surface area contributed by atoms with E-state index in [0.29, 0.717) is 0 Å². The fourth-order valence-electron chi connectivity index (χ4n) is 2.36. The third-order valence-electron chi connectivity index (χ3n) is 3.95. The van der Waals surface area contributed by atoms with Gasteiger partial charge in [-0.15, -0.1) is 0 Å². The summed E-state index contributed by atoms with van der Waals surface area (Å²) in [6.07, 6.45) is 5.70. The predicted octanol–water partition coefficient (Wildman–Crippen LogP) is 3.22. The highest BCUT2D eigenvalue weighted by molar-refractivity contribution is 4.73. The molecule has 1 N–H and O–H groups in total. The molecule has 4 atom stereocenters. The summed E-state index contributed by atoms with van der Waals surface area (Å²) in [4.78, 5) is 0. The van der Waals surface area contributed by atoms with Gasteiger partial charge in [-0.25, -0.2) is 0 Å². The van der Waals surface area contributed by atoms with Crippen LogP contribution in [0.15, 0.2) is 0 Å². The molecule has 78 valence electrons. The summed E-state index contributed by atoms with van der Waals surface area (Å²) >= 11 is 0. The van der Waals surface area contributed by atoms with E-state index in [1.807, 2.05) is 0 Å². The van der Waals surface area contributed by atoms with Crippen LogP contribution in [0, 0.1) is 17.8 Å². The minimum Gasteiger partial charge on any atom is -0.393 e. The largest absolute Gasteiger partial charge is 0.393 e. The lowest BCUT2D eigenvalue weighted by atomic mass is 9.81. The lowest BCUT2D eigenvalue weighted by Crippen LogP contribution is -2.16. The smallest absolute Gasteiger partial charge is 0.0540 e. The molecule has 0 aromatic heterocycles. The van der Waals surface area contributed by atoms with E-state index in [1.165, 1.54) is 19.3 Å². The van der Waals surface area contributed by atoms with Gasteiger partial charge in [-0.05, 0) is 37.0 Å². The normalized spacial score (nSPS) is 43.4. The molecule has 0 aromatic rings. The molecule has 0 saturated heterocycles. The van der Waals surface area contributed by atoms with Crippen LogP contribution in [0.5, 0.6) is 0 Å². The molecular weight excluding hydrogens is 160 g/mol. The topological polar surface area (TPSA) is 20.2 Å². The minimum atomic E-state index is -0.0278. The van der Waals surface area contributed by atoms with Crippen LogP contribution in [0.1, 0.15) is 52.9 Å². The second kappa shape index (κ2) is 4.99. The van der Waals surface area contributed by atoms with Gasteiger partial charge in [-0.3, -0.25) is 0 Å². The summed E-state index contributed by atoms with van der Waals surface area (Å²) in [7, 11) is 0. The van der Waals surface area contributed by atoms with Crippen LogP contribution >= 0.6 is 0 Å². The Bertz CT molecular complexity index is 144. The van der Waals surface area contributed by atoms with Crippen LogP contribution < -0.4 is 0 Å². The highest BCUT2D eigenvalue weighted by atomic mass is 16.3. The summed E-state index contributed by atoms with van der Waals surface area (Å²) in [6.45, 7) is 7.06. The first-order valence-electron chi connectivity index (χ1n) is 5.79. The molecule has 0 bridgehead atoms. The molecule has 1 aliphatic carbocycles. The molecule has 1 saturated carbocycles. The zero-order valence-corrected chi connectivity index (χ0v) is 9.29. The average Bonchev–Trinajstić information content (AvgIpc) is 2.15. The van der Waals surface area contributed by atoms with Gasteiger partial charge in [0.1, 0.15) is 0 Å². The molecule has 13 heavy (non-hydrogen) atoms. The van der Waals surface area contributed by atoms with E-state index in [9.17, 15) is 5.11 Å². The first kappa shape index (κ1) is 11.0. The SMILES string of the molecule is CC1CCCC(O)CCC(C)C1C. The zero-order chi connectivity index (χ0) is 9.84. The van der Waals surface area contributed by atoms with E-state index in [-0.39, 0.29) is 6.10 Å².